The van der Waals surface area contributed by atoms with Crippen LogP contribution >= 0.6 is 23.2 Å². The second kappa shape index (κ2) is 9.21. The minimum atomic E-state index is -2.04. The summed E-state index contributed by atoms with van der Waals surface area (Å²) in [4.78, 5) is 20.1. The van der Waals surface area contributed by atoms with Gasteiger partial charge in [-0.15, -0.1) is 0 Å². The lowest BCUT2D eigenvalue weighted by Gasteiger charge is -2.21. The van der Waals surface area contributed by atoms with Crippen LogP contribution in [-0.4, -0.2) is 22.4 Å². The summed E-state index contributed by atoms with van der Waals surface area (Å²) in [6, 6.07) is 10.2. The maximum absolute atomic E-state index is 15.2. The van der Waals surface area contributed by atoms with Gasteiger partial charge >= 0.3 is 0 Å². The highest BCUT2D eigenvalue weighted by Crippen LogP contribution is 2.30. The van der Waals surface area contributed by atoms with Crippen LogP contribution in [0.1, 0.15) is 34.1 Å². The van der Waals surface area contributed by atoms with E-state index in [0.717, 1.165) is 0 Å². The Kier molecular flexibility index (Phi) is 6.66. The van der Waals surface area contributed by atoms with Gasteiger partial charge in [-0.2, -0.15) is 0 Å². The van der Waals surface area contributed by atoms with Gasteiger partial charge in [-0.3, -0.25) is 9.78 Å². The molecule has 0 aliphatic carbocycles. The Morgan fingerprint density at radius 3 is 2.50 bits per heavy atom. The molecule has 1 amide bonds. The predicted octanol–water partition coefficient (Wildman–Crippen LogP) is 4.94. The summed E-state index contributed by atoms with van der Waals surface area (Å²) in [5.74, 6) is 4.78. The number of hydrogen-bond acceptors (Lipinski definition) is 3. The zero-order chi connectivity index (χ0) is 21.7. The molecule has 1 N–H and O–H groups in total. The Bertz CT molecular complexity index is 1140. The highest BCUT2D eigenvalue weighted by atomic mass is 35.5. The van der Waals surface area contributed by atoms with E-state index in [0.29, 0.717) is 11.1 Å². The van der Waals surface area contributed by atoms with E-state index < -0.39 is 11.6 Å². The Balaban J connectivity index is 1.72. The van der Waals surface area contributed by atoms with E-state index in [4.69, 9.17) is 23.2 Å². The molecule has 152 valence electrons. The number of pyridine rings is 2. The van der Waals surface area contributed by atoms with Crippen LogP contribution in [0.4, 0.5) is 8.78 Å². The largest absolute Gasteiger partial charge is 0.348 e. The molecule has 4 nitrogen and oxygen atoms in total. The molecule has 8 heteroatoms. The maximum Gasteiger partial charge on any atom is 0.254 e. The number of amides is 1. The van der Waals surface area contributed by atoms with Crippen molar-refractivity contribution in [3.8, 4) is 11.8 Å². The zero-order valence-electron chi connectivity index (χ0n) is 15.7. The summed E-state index contributed by atoms with van der Waals surface area (Å²) in [6.45, 7) is 0.889. The molecule has 1 atom stereocenters. The number of benzene rings is 1. The first-order valence-corrected chi connectivity index (χ1v) is 9.53. The van der Waals surface area contributed by atoms with Crippen LogP contribution in [0.25, 0.3) is 0 Å². The number of rotatable bonds is 4. The van der Waals surface area contributed by atoms with Crippen molar-refractivity contribution in [2.45, 2.75) is 12.6 Å². The third-order valence-corrected chi connectivity index (χ3v) is 4.70. The van der Waals surface area contributed by atoms with Gasteiger partial charge in [0.15, 0.2) is 5.67 Å². The van der Waals surface area contributed by atoms with E-state index in [1.807, 2.05) is 0 Å². The van der Waals surface area contributed by atoms with Gasteiger partial charge in [0.05, 0.1) is 22.8 Å². The molecule has 0 bridgehead atoms. The molecule has 1 aromatic carbocycles. The van der Waals surface area contributed by atoms with Crippen LogP contribution in [0.15, 0.2) is 54.9 Å². The van der Waals surface area contributed by atoms with E-state index in [9.17, 15) is 9.18 Å². The molecule has 0 spiro atoms. The minimum Gasteiger partial charge on any atom is -0.348 e. The molecule has 0 radical (unpaired) electrons. The number of carbonyl (C=O) groups excluding carboxylic acids is 1. The van der Waals surface area contributed by atoms with Crippen LogP contribution in [-0.2, 0) is 5.67 Å². The number of carbonyl (C=O) groups is 1. The highest BCUT2D eigenvalue weighted by Gasteiger charge is 2.31. The standard InChI is InChI=1S/C22H15Cl2F2N3O/c1-22(26,13-29-21(30)17-3-2-10-27-20(17)24)19-18(23)11-15(12-28-19)5-4-14-6-8-16(25)9-7-14/h2-3,6-12H,13H2,1H3,(H,29,30). The van der Waals surface area contributed by atoms with E-state index >= 15 is 4.39 Å². The van der Waals surface area contributed by atoms with Crippen molar-refractivity contribution in [2.24, 2.45) is 0 Å². The second-order valence-electron chi connectivity index (χ2n) is 6.53. The SMILES string of the molecule is CC(F)(CNC(=O)c1cccnc1Cl)c1ncc(C#Cc2ccc(F)cc2)cc1Cl. The molecular formula is C22H15Cl2F2N3O. The quantitative estimate of drug-likeness (QED) is 0.457. The summed E-state index contributed by atoms with van der Waals surface area (Å²) in [7, 11) is 0. The molecule has 0 saturated carbocycles. The summed E-state index contributed by atoms with van der Waals surface area (Å²) < 4.78 is 28.1. The van der Waals surface area contributed by atoms with Gasteiger partial charge in [-0.25, -0.2) is 13.8 Å². The van der Waals surface area contributed by atoms with Crippen molar-refractivity contribution < 1.29 is 13.6 Å². The highest BCUT2D eigenvalue weighted by molar-refractivity contribution is 6.32. The van der Waals surface area contributed by atoms with E-state index in [2.05, 4.69) is 27.1 Å². The van der Waals surface area contributed by atoms with Gasteiger partial charge in [-0.1, -0.05) is 35.0 Å². The first-order valence-electron chi connectivity index (χ1n) is 8.77. The van der Waals surface area contributed by atoms with Gasteiger partial charge in [-0.05, 0) is 49.4 Å². The fraction of sp³-hybridized carbons (Fsp3) is 0.136. The van der Waals surface area contributed by atoms with Crippen molar-refractivity contribution in [3.05, 3.63) is 93.2 Å². The number of hydrogen-bond donors (Lipinski definition) is 1. The average molecular weight is 446 g/mol. The Labute approximate surface area is 182 Å². The third-order valence-electron chi connectivity index (χ3n) is 4.11. The number of nitrogens with zero attached hydrogens (tertiary/aromatic N) is 2. The van der Waals surface area contributed by atoms with Crippen molar-refractivity contribution in [1.29, 1.82) is 0 Å². The van der Waals surface area contributed by atoms with Gasteiger partial charge in [0.2, 0.25) is 0 Å². The molecule has 3 aromatic rings. The van der Waals surface area contributed by atoms with Gasteiger partial charge in [0, 0.05) is 23.5 Å². The predicted molar refractivity (Wildman–Crippen MR) is 112 cm³/mol. The van der Waals surface area contributed by atoms with Crippen LogP contribution < -0.4 is 5.32 Å². The summed E-state index contributed by atoms with van der Waals surface area (Å²) in [6.07, 6.45) is 2.83. The van der Waals surface area contributed by atoms with E-state index in [-0.39, 0.29) is 33.8 Å². The molecule has 0 aliphatic heterocycles. The minimum absolute atomic E-state index is 0.0239. The average Bonchev–Trinajstić information content (AvgIpc) is 2.72. The first kappa shape index (κ1) is 21.7. The normalized spacial score (nSPS) is 12.4. The van der Waals surface area contributed by atoms with Crippen molar-refractivity contribution >= 4 is 29.1 Å². The molecule has 30 heavy (non-hydrogen) atoms. The van der Waals surface area contributed by atoms with Crippen LogP contribution in [0.2, 0.25) is 10.2 Å². The number of halogens is 4. The fourth-order valence-electron chi connectivity index (χ4n) is 2.55. The van der Waals surface area contributed by atoms with E-state index in [1.54, 1.807) is 18.2 Å². The summed E-state index contributed by atoms with van der Waals surface area (Å²) in [5, 5.41) is 2.57. The van der Waals surface area contributed by atoms with Gasteiger partial charge < -0.3 is 5.32 Å². The Hall–Kier alpha value is -3.01. The van der Waals surface area contributed by atoms with Crippen molar-refractivity contribution in [3.63, 3.8) is 0 Å². The molecule has 0 saturated heterocycles. The monoisotopic (exact) mass is 445 g/mol. The maximum atomic E-state index is 15.2. The third kappa shape index (κ3) is 5.32. The van der Waals surface area contributed by atoms with E-state index in [1.165, 1.54) is 43.6 Å². The molecule has 2 heterocycles. The molecule has 3 rings (SSSR count). The smallest absolute Gasteiger partial charge is 0.254 e. The lowest BCUT2D eigenvalue weighted by Crippen LogP contribution is -2.36. The van der Waals surface area contributed by atoms with Crippen LogP contribution in [0.3, 0.4) is 0 Å². The summed E-state index contributed by atoms with van der Waals surface area (Å²) >= 11 is 12.1. The molecule has 0 aliphatic rings. The van der Waals surface area contributed by atoms with Crippen LogP contribution in [0.5, 0.6) is 0 Å². The van der Waals surface area contributed by atoms with Crippen molar-refractivity contribution in [2.75, 3.05) is 6.54 Å². The first-order chi connectivity index (χ1) is 14.3. The number of nitrogens with one attached hydrogen (secondary N) is 1. The molecule has 0 fully saturated rings. The fourth-order valence-corrected chi connectivity index (χ4v) is 3.12. The zero-order valence-corrected chi connectivity index (χ0v) is 17.2. The van der Waals surface area contributed by atoms with Gasteiger partial charge in [0.1, 0.15) is 11.0 Å². The Morgan fingerprint density at radius 1 is 1.13 bits per heavy atom. The van der Waals surface area contributed by atoms with Crippen LogP contribution in [0, 0.1) is 17.7 Å². The topological polar surface area (TPSA) is 54.9 Å². The lowest BCUT2D eigenvalue weighted by atomic mass is 10.0. The molecule has 2 aromatic heterocycles. The van der Waals surface area contributed by atoms with Crippen molar-refractivity contribution in [1.82, 2.24) is 15.3 Å². The van der Waals surface area contributed by atoms with Gasteiger partial charge in [0.25, 0.3) is 5.91 Å². The summed E-state index contributed by atoms with van der Waals surface area (Å²) in [5.41, 5.74) is -0.849. The second-order valence-corrected chi connectivity index (χ2v) is 7.30. The number of alkyl halides is 1. The lowest BCUT2D eigenvalue weighted by molar-refractivity contribution is 0.0907. The molecular weight excluding hydrogens is 431 g/mol. The Morgan fingerprint density at radius 2 is 1.83 bits per heavy atom. The molecule has 1 unspecified atom stereocenters. The number of aromatic nitrogens is 2.